The molecule has 102 valence electrons. The van der Waals surface area contributed by atoms with E-state index in [-0.39, 0.29) is 0 Å². The Morgan fingerprint density at radius 1 is 1.44 bits per heavy atom. The van der Waals surface area contributed by atoms with Gasteiger partial charge in [0, 0.05) is 18.3 Å². The highest BCUT2D eigenvalue weighted by Crippen LogP contribution is 2.25. The van der Waals surface area contributed by atoms with Crippen LogP contribution >= 0.6 is 11.8 Å². The molecule has 0 radical (unpaired) electrons. The Morgan fingerprint density at radius 2 is 2.22 bits per heavy atom. The van der Waals surface area contributed by atoms with Crippen molar-refractivity contribution in [1.82, 2.24) is 0 Å². The second kappa shape index (κ2) is 8.14. The van der Waals surface area contributed by atoms with Gasteiger partial charge in [-0.2, -0.15) is 11.8 Å². The maximum absolute atomic E-state index is 5.88. The molecule has 0 bridgehead atoms. The number of thioether (sulfide) groups is 1. The molecule has 4 heteroatoms. The van der Waals surface area contributed by atoms with E-state index in [0.717, 1.165) is 24.4 Å². The molecule has 1 unspecified atom stereocenters. The first-order valence-electron chi connectivity index (χ1n) is 6.42. The predicted molar refractivity (Wildman–Crippen MR) is 82.7 cm³/mol. The van der Waals surface area contributed by atoms with Gasteiger partial charge >= 0.3 is 0 Å². The summed E-state index contributed by atoms with van der Waals surface area (Å²) in [5.41, 5.74) is 7.65. The fourth-order valence-electron chi connectivity index (χ4n) is 1.62. The zero-order valence-electron chi connectivity index (χ0n) is 11.5. The van der Waals surface area contributed by atoms with Crippen LogP contribution in [-0.4, -0.2) is 25.2 Å². The first-order valence-corrected chi connectivity index (χ1v) is 7.81. The molecular weight excluding hydrogens is 244 g/mol. The third-order valence-corrected chi connectivity index (χ3v) is 3.48. The number of nitrogens with two attached hydrogens (primary N) is 1. The first kappa shape index (κ1) is 15.0. The highest BCUT2D eigenvalue weighted by Gasteiger charge is 2.04. The van der Waals surface area contributed by atoms with E-state index in [1.54, 1.807) is 0 Å². The molecular formula is C14H24N2OS. The summed E-state index contributed by atoms with van der Waals surface area (Å²) in [5.74, 6) is 2.60. The normalized spacial score (nSPS) is 12.2. The lowest BCUT2D eigenvalue weighted by atomic mass is 10.2. The molecule has 0 spiro atoms. The van der Waals surface area contributed by atoms with Gasteiger partial charge in [-0.1, -0.05) is 13.8 Å². The SMILES string of the molecule is CCCOc1cc(NCC(C)CSC)ccc1N. The van der Waals surface area contributed by atoms with Gasteiger partial charge in [-0.25, -0.2) is 0 Å². The summed E-state index contributed by atoms with van der Waals surface area (Å²) in [7, 11) is 0. The summed E-state index contributed by atoms with van der Waals surface area (Å²) in [6, 6.07) is 5.88. The third kappa shape index (κ3) is 5.08. The second-order valence-corrected chi connectivity index (χ2v) is 5.45. The van der Waals surface area contributed by atoms with E-state index in [2.05, 4.69) is 25.4 Å². The van der Waals surface area contributed by atoms with Crippen molar-refractivity contribution in [1.29, 1.82) is 0 Å². The van der Waals surface area contributed by atoms with E-state index in [0.29, 0.717) is 18.2 Å². The van der Waals surface area contributed by atoms with Crippen LogP contribution in [0, 0.1) is 5.92 Å². The summed E-state index contributed by atoms with van der Waals surface area (Å²) >= 11 is 1.88. The van der Waals surface area contributed by atoms with Crippen LogP contribution < -0.4 is 15.8 Å². The first-order chi connectivity index (χ1) is 8.67. The van der Waals surface area contributed by atoms with Gasteiger partial charge in [0.25, 0.3) is 0 Å². The Hall–Kier alpha value is -1.03. The van der Waals surface area contributed by atoms with Crippen molar-refractivity contribution in [3.8, 4) is 5.75 Å². The fourth-order valence-corrected chi connectivity index (χ4v) is 2.30. The Labute approximate surface area is 114 Å². The van der Waals surface area contributed by atoms with Gasteiger partial charge in [0.15, 0.2) is 0 Å². The summed E-state index contributed by atoms with van der Waals surface area (Å²) < 4.78 is 5.61. The monoisotopic (exact) mass is 268 g/mol. The minimum Gasteiger partial charge on any atom is -0.491 e. The maximum Gasteiger partial charge on any atom is 0.144 e. The smallest absolute Gasteiger partial charge is 0.144 e. The van der Waals surface area contributed by atoms with E-state index in [4.69, 9.17) is 10.5 Å². The average Bonchev–Trinajstić information content (AvgIpc) is 2.36. The molecule has 0 aliphatic carbocycles. The second-order valence-electron chi connectivity index (χ2n) is 4.54. The number of nitrogen functional groups attached to an aromatic ring is 1. The van der Waals surface area contributed by atoms with Crippen molar-refractivity contribution in [2.75, 3.05) is 36.2 Å². The van der Waals surface area contributed by atoms with Crippen LogP contribution in [0.1, 0.15) is 20.3 Å². The van der Waals surface area contributed by atoms with Crippen molar-refractivity contribution >= 4 is 23.1 Å². The molecule has 3 N–H and O–H groups in total. The Balaban J connectivity index is 2.55. The topological polar surface area (TPSA) is 47.3 Å². The Kier molecular flexibility index (Phi) is 6.80. The molecule has 1 aromatic rings. The quantitative estimate of drug-likeness (QED) is 0.709. The standard InChI is InChI=1S/C14H24N2OS/c1-4-7-17-14-8-12(5-6-13(14)15)16-9-11(2)10-18-3/h5-6,8,11,16H,4,7,9-10,15H2,1-3H3. The molecule has 1 rings (SSSR count). The predicted octanol–water partition coefficient (Wildman–Crippen LogP) is 3.47. The molecule has 0 saturated carbocycles. The van der Waals surface area contributed by atoms with Crippen molar-refractivity contribution in [3.63, 3.8) is 0 Å². The van der Waals surface area contributed by atoms with Crippen molar-refractivity contribution < 1.29 is 4.74 Å². The minimum absolute atomic E-state index is 0.651. The lowest BCUT2D eigenvalue weighted by Gasteiger charge is -2.14. The molecule has 1 atom stereocenters. The number of rotatable bonds is 8. The molecule has 0 saturated heterocycles. The zero-order valence-corrected chi connectivity index (χ0v) is 12.3. The number of hydrogen-bond acceptors (Lipinski definition) is 4. The van der Waals surface area contributed by atoms with Gasteiger partial charge in [-0.3, -0.25) is 0 Å². The minimum atomic E-state index is 0.651. The summed E-state index contributed by atoms with van der Waals surface area (Å²) in [4.78, 5) is 0. The van der Waals surface area contributed by atoms with Gasteiger partial charge in [0.2, 0.25) is 0 Å². The Morgan fingerprint density at radius 3 is 2.89 bits per heavy atom. The van der Waals surface area contributed by atoms with E-state index >= 15 is 0 Å². The highest BCUT2D eigenvalue weighted by molar-refractivity contribution is 7.98. The van der Waals surface area contributed by atoms with Crippen LogP contribution in [0.3, 0.4) is 0 Å². The van der Waals surface area contributed by atoms with Gasteiger partial charge in [0.1, 0.15) is 5.75 Å². The number of anilines is 2. The van der Waals surface area contributed by atoms with Crippen molar-refractivity contribution in [2.24, 2.45) is 5.92 Å². The van der Waals surface area contributed by atoms with Gasteiger partial charge in [-0.05, 0) is 36.5 Å². The summed E-state index contributed by atoms with van der Waals surface area (Å²) in [6.45, 7) is 6.01. The van der Waals surface area contributed by atoms with Crippen LogP contribution in [-0.2, 0) is 0 Å². The molecule has 18 heavy (non-hydrogen) atoms. The highest BCUT2D eigenvalue weighted by atomic mass is 32.2. The lowest BCUT2D eigenvalue weighted by Crippen LogP contribution is -2.13. The third-order valence-electron chi connectivity index (χ3n) is 2.58. The van der Waals surface area contributed by atoms with E-state index in [1.807, 2.05) is 30.0 Å². The van der Waals surface area contributed by atoms with Crippen LogP contribution in [0.15, 0.2) is 18.2 Å². The average molecular weight is 268 g/mol. The van der Waals surface area contributed by atoms with Gasteiger partial charge in [0.05, 0.1) is 12.3 Å². The molecule has 0 heterocycles. The lowest BCUT2D eigenvalue weighted by molar-refractivity contribution is 0.319. The zero-order chi connectivity index (χ0) is 13.4. The van der Waals surface area contributed by atoms with E-state index in [1.165, 1.54) is 5.75 Å². The van der Waals surface area contributed by atoms with Crippen LogP contribution in [0.4, 0.5) is 11.4 Å². The molecule has 3 nitrogen and oxygen atoms in total. The van der Waals surface area contributed by atoms with Crippen molar-refractivity contribution in [2.45, 2.75) is 20.3 Å². The molecule has 0 aromatic heterocycles. The Bertz CT molecular complexity index is 358. The maximum atomic E-state index is 5.88. The van der Waals surface area contributed by atoms with E-state index < -0.39 is 0 Å². The van der Waals surface area contributed by atoms with E-state index in [9.17, 15) is 0 Å². The summed E-state index contributed by atoms with van der Waals surface area (Å²) in [6.07, 6.45) is 3.12. The molecule has 1 aromatic carbocycles. The van der Waals surface area contributed by atoms with Crippen molar-refractivity contribution in [3.05, 3.63) is 18.2 Å². The number of benzene rings is 1. The number of nitrogens with one attached hydrogen (secondary N) is 1. The number of ether oxygens (including phenoxy) is 1. The fraction of sp³-hybridized carbons (Fsp3) is 0.571. The molecule has 0 aliphatic heterocycles. The van der Waals surface area contributed by atoms with Gasteiger partial charge < -0.3 is 15.8 Å². The van der Waals surface area contributed by atoms with Gasteiger partial charge in [-0.15, -0.1) is 0 Å². The molecule has 0 aliphatic rings. The molecule has 0 fully saturated rings. The molecule has 0 amide bonds. The largest absolute Gasteiger partial charge is 0.491 e. The summed E-state index contributed by atoms with van der Waals surface area (Å²) in [5, 5.41) is 3.42. The van der Waals surface area contributed by atoms with Crippen LogP contribution in [0.5, 0.6) is 5.75 Å². The number of hydrogen-bond donors (Lipinski definition) is 2. The van der Waals surface area contributed by atoms with Crippen LogP contribution in [0.25, 0.3) is 0 Å². The van der Waals surface area contributed by atoms with Crippen LogP contribution in [0.2, 0.25) is 0 Å².